The topological polar surface area (TPSA) is 32.3 Å². The lowest BCUT2D eigenvalue weighted by Gasteiger charge is -2.23. The van der Waals surface area contributed by atoms with Gasteiger partial charge in [-0.05, 0) is 27.4 Å². The SMILES string of the molecule is [CH2]CC(=O)NC(CC)N(C)C. The molecule has 0 aromatic heterocycles. The van der Waals surface area contributed by atoms with Crippen LogP contribution in [0.3, 0.4) is 0 Å². The quantitative estimate of drug-likeness (QED) is 0.607. The van der Waals surface area contributed by atoms with Crippen molar-refractivity contribution >= 4 is 5.91 Å². The third-order valence-electron chi connectivity index (χ3n) is 1.56. The average molecular weight is 157 g/mol. The van der Waals surface area contributed by atoms with E-state index in [1.165, 1.54) is 0 Å². The third kappa shape index (κ3) is 3.98. The van der Waals surface area contributed by atoms with Crippen LogP contribution < -0.4 is 5.32 Å². The summed E-state index contributed by atoms with van der Waals surface area (Å²) in [5.41, 5.74) is 0. The lowest BCUT2D eigenvalue weighted by molar-refractivity contribution is -0.122. The van der Waals surface area contributed by atoms with Crippen molar-refractivity contribution in [3.63, 3.8) is 0 Å². The van der Waals surface area contributed by atoms with Gasteiger partial charge in [0.05, 0.1) is 6.17 Å². The summed E-state index contributed by atoms with van der Waals surface area (Å²) in [5, 5.41) is 2.84. The van der Waals surface area contributed by atoms with E-state index in [0.29, 0.717) is 6.42 Å². The van der Waals surface area contributed by atoms with Crippen molar-refractivity contribution in [1.29, 1.82) is 0 Å². The fourth-order valence-corrected chi connectivity index (χ4v) is 0.854. The van der Waals surface area contributed by atoms with Crippen molar-refractivity contribution in [2.45, 2.75) is 25.9 Å². The number of nitrogens with zero attached hydrogens (tertiary/aromatic N) is 1. The van der Waals surface area contributed by atoms with E-state index in [1.54, 1.807) is 0 Å². The summed E-state index contributed by atoms with van der Waals surface area (Å²) in [6.07, 6.45) is 1.37. The number of carbonyl (C=O) groups excluding carboxylic acids is 1. The number of rotatable bonds is 4. The molecule has 0 aromatic rings. The largest absolute Gasteiger partial charge is 0.341 e. The molecule has 0 aliphatic rings. The molecule has 0 rings (SSSR count). The second-order valence-electron chi connectivity index (χ2n) is 2.71. The standard InChI is InChI=1S/C8H17N2O/c1-5-7(10(3)4)9-8(11)6-2/h7H,2,5-6H2,1,3-4H3,(H,9,11). The first-order valence-electron chi connectivity index (χ1n) is 3.86. The monoisotopic (exact) mass is 157 g/mol. The highest BCUT2D eigenvalue weighted by atomic mass is 16.1. The van der Waals surface area contributed by atoms with Crippen molar-refractivity contribution in [1.82, 2.24) is 10.2 Å². The van der Waals surface area contributed by atoms with E-state index in [0.717, 1.165) is 6.42 Å². The van der Waals surface area contributed by atoms with Gasteiger partial charge in [-0.3, -0.25) is 9.69 Å². The zero-order valence-corrected chi connectivity index (χ0v) is 7.55. The normalized spacial score (nSPS) is 13.2. The highest BCUT2D eigenvalue weighted by Crippen LogP contribution is 1.94. The van der Waals surface area contributed by atoms with E-state index in [9.17, 15) is 4.79 Å². The highest BCUT2D eigenvalue weighted by Gasteiger charge is 2.09. The van der Waals surface area contributed by atoms with Gasteiger partial charge in [0.2, 0.25) is 5.91 Å². The summed E-state index contributed by atoms with van der Waals surface area (Å²) in [4.78, 5) is 12.9. The van der Waals surface area contributed by atoms with Crippen LogP contribution >= 0.6 is 0 Å². The summed E-state index contributed by atoms with van der Waals surface area (Å²) in [5.74, 6) is 0.00514. The van der Waals surface area contributed by atoms with E-state index in [2.05, 4.69) is 12.2 Å². The van der Waals surface area contributed by atoms with E-state index < -0.39 is 0 Å². The maximum atomic E-state index is 10.9. The summed E-state index contributed by atoms with van der Waals surface area (Å²) in [7, 11) is 3.88. The molecular formula is C8H17N2O. The molecule has 1 amide bonds. The molecule has 0 aliphatic heterocycles. The number of nitrogens with one attached hydrogen (secondary N) is 1. The molecule has 0 fully saturated rings. The highest BCUT2D eigenvalue weighted by molar-refractivity contribution is 5.76. The van der Waals surface area contributed by atoms with Gasteiger partial charge in [0.1, 0.15) is 0 Å². The maximum absolute atomic E-state index is 10.9. The summed E-state index contributed by atoms with van der Waals surface area (Å²) in [6.45, 7) is 5.54. The van der Waals surface area contributed by atoms with E-state index >= 15 is 0 Å². The molecule has 1 atom stereocenters. The Labute approximate surface area is 68.8 Å². The molecule has 1 radical (unpaired) electrons. The molecule has 0 saturated heterocycles. The molecular weight excluding hydrogens is 140 g/mol. The van der Waals surface area contributed by atoms with Crippen LogP contribution in [0.1, 0.15) is 19.8 Å². The van der Waals surface area contributed by atoms with Crippen molar-refractivity contribution < 1.29 is 4.79 Å². The summed E-state index contributed by atoms with van der Waals surface area (Å²) in [6, 6.07) is 0. The number of hydrogen-bond acceptors (Lipinski definition) is 2. The third-order valence-corrected chi connectivity index (χ3v) is 1.56. The van der Waals surface area contributed by atoms with E-state index in [-0.39, 0.29) is 12.1 Å². The predicted octanol–water partition coefficient (Wildman–Crippen LogP) is 0.624. The molecule has 3 nitrogen and oxygen atoms in total. The Morgan fingerprint density at radius 1 is 1.64 bits per heavy atom. The first kappa shape index (κ1) is 10.4. The fourth-order valence-electron chi connectivity index (χ4n) is 0.854. The molecule has 0 spiro atoms. The fraction of sp³-hybridized carbons (Fsp3) is 0.750. The minimum atomic E-state index is 0.00514. The first-order valence-corrected chi connectivity index (χ1v) is 3.86. The Kier molecular flexibility index (Phi) is 4.86. The molecule has 65 valence electrons. The van der Waals surface area contributed by atoms with Gasteiger partial charge in [0.15, 0.2) is 0 Å². The van der Waals surface area contributed by atoms with Crippen LogP contribution in [0.25, 0.3) is 0 Å². The maximum Gasteiger partial charge on any atom is 0.221 e. The number of amides is 1. The minimum absolute atomic E-state index is 0.00514. The second kappa shape index (κ2) is 5.13. The van der Waals surface area contributed by atoms with Crippen LogP contribution in [0.5, 0.6) is 0 Å². The Bertz CT molecular complexity index is 123. The van der Waals surface area contributed by atoms with E-state index in [4.69, 9.17) is 0 Å². The van der Waals surface area contributed by atoms with Crippen molar-refractivity contribution in [3.05, 3.63) is 6.92 Å². The zero-order valence-electron chi connectivity index (χ0n) is 7.55. The molecule has 0 saturated carbocycles. The van der Waals surface area contributed by atoms with Crippen molar-refractivity contribution in [2.75, 3.05) is 14.1 Å². The van der Waals surface area contributed by atoms with Crippen LogP contribution in [0.2, 0.25) is 0 Å². The van der Waals surface area contributed by atoms with E-state index in [1.807, 2.05) is 25.9 Å². The van der Waals surface area contributed by atoms with Gasteiger partial charge in [0, 0.05) is 6.42 Å². The zero-order chi connectivity index (χ0) is 8.85. The van der Waals surface area contributed by atoms with Crippen LogP contribution in [0.15, 0.2) is 0 Å². The van der Waals surface area contributed by atoms with Gasteiger partial charge in [-0.1, -0.05) is 6.92 Å². The first-order chi connectivity index (χ1) is 5.11. The summed E-state index contributed by atoms with van der Waals surface area (Å²) < 4.78 is 0. The second-order valence-corrected chi connectivity index (χ2v) is 2.71. The molecule has 1 unspecified atom stereocenters. The van der Waals surface area contributed by atoms with Crippen LogP contribution in [0.4, 0.5) is 0 Å². The van der Waals surface area contributed by atoms with Gasteiger partial charge in [-0.2, -0.15) is 0 Å². The lowest BCUT2D eigenvalue weighted by atomic mass is 10.3. The van der Waals surface area contributed by atoms with Gasteiger partial charge < -0.3 is 5.32 Å². The molecule has 0 bridgehead atoms. The molecule has 1 N–H and O–H groups in total. The molecule has 3 heteroatoms. The molecule has 11 heavy (non-hydrogen) atoms. The predicted molar refractivity (Wildman–Crippen MR) is 45.9 cm³/mol. The number of carbonyl (C=O) groups is 1. The molecule has 0 aromatic carbocycles. The van der Waals surface area contributed by atoms with Crippen molar-refractivity contribution in [3.8, 4) is 0 Å². The minimum Gasteiger partial charge on any atom is -0.341 e. The van der Waals surface area contributed by atoms with Gasteiger partial charge in [-0.25, -0.2) is 0 Å². The van der Waals surface area contributed by atoms with Gasteiger partial charge >= 0.3 is 0 Å². The summed E-state index contributed by atoms with van der Waals surface area (Å²) >= 11 is 0. The number of hydrogen-bond donors (Lipinski definition) is 1. The molecule has 0 aliphatic carbocycles. The average Bonchev–Trinajstić information content (AvgIpc) is 1.99. The van der Waals surface area contributed by atoms with Gasteiger partial charge in [-0.15, -0.1) is 0 Å². The Hall–Kier alpha value is -0.570. The van der Waals surface area contributed by atoms with Crippen molar-refractivity contribution in [2.24, 2.45) is 0 Å². The van der Waals surface area contributed by atoms with Gasteiger partial charge in [0.25, 0.3) is 0 Å². The van der Waals surface area contributed by atoms with Crippen LogP contribution in [-0.2, 0) is 4.79 Å². The lowest BCUT2D eigenvalue weighted by Crippen LogP contribution is -2.43. The van der Waals surface area contributed by atoms with Crippen LogP contribution in [-0.4, -0.2) is 31.1 Å². The Morgan fingerprint density at radius 2 is 2.18 bits per heavy atom. The Morgan fingerprint density at radius 3 is 2.45 bits per heavy atom. The smallest absolute Gasteiger partial charge is 0.221 e. The molecule has 0 heterocycles. The Balaban J connectivity index is 3.78. The van der Waals surface area contributed by atoms with Crippen LogP contribution in [0, 0.1) is 6.92 Å².